The van der Waals surface area contributed by atoms with Crippen LogP contribution in [0.25, 0.3) is 0 Å². The molecule has 1 aliphatic carbocycles. The third-order valence-corrected chi connectivity index (χ3v) is 2.73. The Morgan fingerprint density at radius 1 is 1.55 bits per heavy atom. The van der Waals surface area contributed by atoms with Gasteiger partial charge < -0.3 is 10.5 Å². The lowest BCUT2D eigenvalue weighted by Crippen LogP contribution is -2.46. The maximum Gasteiger partial charge on any atom is 0.313 e. The van der Waals surface area contributed by atoms with E-state index in [1.54, 1.807) is 0 Å². The summed E-state index contributed by atoms with van der Waals surface area (Å²) in [6.45, 7) is 3.68. The monoisotopic (exact) mass is 157 g/mol. The molecule has 0 radical (unpaired) electrons. The molecule has 0 amide bonds. The summed E-state index contributed by atoms with van der Waals surface area (Å²) >= 11 is 0. The number of hydrogen-bond donors (Lipinski definition) is 1. The van der Waals surface area contributed by atoms with Gasteiger partial charge in [0.25, 0.3) is 0 Å². The average molecular weight is 157 g/mol. The molecule has 0 aromatic carbocycles. The van der Waals surface area contributed by atoms with E-state index in [1.807, 2.05) is 13.8 Å². The van der Waals surface area contributed by atoms with Crippen molar-refractivity contribution < 1.29 is 9.53 Å². The Morgan fingerprint density at radius 2 is 2.00 bits per heavy atom. The lowest BCUT2D eigenvalue weighted by atomic mass is 9.82. The molecule has 0 heterocycles. The number of methoxy groups -OCH3 is 1. The molecule has 2 N–H and O–H groups in total. The largest absolute Gasteiger partial charge is 0.469 e. The zero-order chi connectivity index (χ0) is 8.70. The van der Waals surface area contributed by atoms with E-state index in [4.69, 9.17) is 5.73 Å². The van der Waals surface area contributed by atoms with Gasteiger partial charge in [0.1, 0.15) is 0 Å². The van der Waals surface area contributed by atoms with Crippen molar-refractivity contribution in [1.82, 2.24) is 0 Å². The van der Waals surface area contributed by atoms with Crippen LogP contribution in [0, 0.1) is 5.41 Å². The predicted molar refractivity (Wildman–Crippen MR) is 41.9 cm³/mol. The standard InChI is InChI=1S/C8H15NO2/c1-7(2,6(10)11-3)8(9)4-5-8/h4-5,9H2,1-3H3. The number of carbonyl (C=O) groups is 1. The molecule has 1 fully saturated rings. The van der Waals surface area contributed by atoms with Crippen LogP contribution in [0.5, 0.6) is 0 Å². The number of esters is 1. The third-order valence-electron chi connectivity index (χ3n) is 2.73. The highest BCUT2D eigenvalue weighted by atomic mass is 16.5. The van der Waals surface area contributed by atoms with Crippen molar-refractivity contribution in [3.63, 3.8) is 0 Å². The average Bonchev–Trinajstić information content (AvgIpc) is 2.67. The lowest BCUT2D eigenvalue weighted by molar-refractivity contribution is -0.152. The van der Waals surface area contributed by atoms with E-state index in [0.29, 0.717) is 0 Å². The van der Waals surface area contributed by atoms with Crippen molar-refractivity contribution in [2.45, 2.75) is 32.2 Å². The molecule has 0 aromatic heterocycles. The molecule has 0 saturated heterocycles. The van der Waals surface area contributed by atoms with E-state index >= 15 is 0 Å². The summed E-state index contributed by atoms with van der Waals surface area (Å²) in [6.07, 6.45) is 1.85. The van der Waals surface area contributed by atoms with Crippen molar-refractivity contribution in [3.8, 4) is 0 Å². The van der Waals surface area contributed by atoms with E-state index in [1.165, 1.54) is 7.11 Å². The van der Waals surface area contributed by atoms with Crippen LogP contribution >= 0.6 is 0 Å². The fourth-order valence-electron chi connectivity index (χ4n) is 1.22. The summed E-state index contributed by atoms with van der Waals surface area (Å²) in [5.41, 5.74) is 5.07. The van der Waals surface area contributed by atoms with Gasteiger partial charge in [-0.1, -0.05) is 0 Å². The number of nitrogens with two attached hydrogens (primary N) is 1. The van der Waals surface area contributed by atoms with Gasteiger partial charge in [0.05, 0.1) is 12.5 Å². The molecule has 0 atom stereocenters. The van der Waals surface area contributed by atoms with E-state index in [2.05, 4.69) is 4.74 Å². The second-order valence-electron chi connectivity index (χ2n) is 3.77. The van der Waals surface area contributed by atoms with Crippen LogP contribution in [0.15, 0.2) is 0 Å². The van der Waals surface area contributed by atoms with Crippen molar-refractivity contribution in [2.75, 3.05) is 7.11 Å². The molecule has 0 unspecified atom stereocenters. The highest BCUT2D eigenvalue weighted by molar-refractivity contribution is 5.78. The highest BCUT2D eigenvalue weighted by Gasteiger charge is 2.55. The number of ether oxygens (including phenoxy) is 1. The first-order valence-corrected chi connectivity index (χ1v) is 3.81. The Hall–Kier alpha value is -0.570. The Labute approximate surface area is 66.9 Å². The molecule has 3 nitrogen and oxygen atoms in total. The first-order valence-electron chi connectivity index (χ1n) is 3.81. The molecule has 0 aliphatic heterocycles. The topological polar surface area (TPSA) is 52.3 Å². The first-order chi connectivity index (χ1) is 4.94. The van der Waals surface area contributed by atoms with Crippen LogP contribution in [-0.4, -0.2) is 18.6 Å². The predicted octanol–water partition coefficient (Wildman–Crippen LogP) is 0.677. The van der Waals surface area contributed by atoms with Crippen molar-refractivity contribution >= 4 is 5.97 Å². The minimum atomic E-state index is -0.526. The van der Waals surface area contributed by atoms with Crippen molar-refractivity contribution in [1.29, 1.82) is 0 Å². The molecule has 0 spiro atoms. The zero-order valence-corrected chi connectivity index (χ0v) is 7.31. The summed E-state index contributed by atoms with van der Waals surface area (Å²) < 4.78 is 4.66. The second-order valence-corrected chi connectivity index (χ2v) is 3.77. The summed E-state index contributed by atoms with van der Waals surface area (Å²) in [5, 5.41) is 0. The minimum absolute atomic E-state index is 0.211. The summed E-state index contributed by atoms with van der Waals surface area (Å²) in [4.78, 5) is 11.2. The van der Waals surface area contributed by atoms with Gasteiger partial charge >= 0.3 is 5.97 Å². The van der Waals surface area contributed by atoms with E-state index in [9.17, 15) is 4.79 Å². The third kappa shape index (κ3) is 1.13. The number of carbonyl (C=O) groups excluding carboxylic acids is 1. The molecule has 1 rings (SSSR count). The summed E-state index contributed by atoms with van der Waals surface area (Å²) in [6, 6.07) is 0. The van der Waals surface area contributed by atoms with Crippen LogP contribution in [0.3, 0.4) is 0 Å². The molecule has 11 heavy (non-hydrogen) atoms. The van der Waals surface area contributed by atoms with Gasteiger partial charge in [-0.3, -0.25) is 4.79 Å². The van der Waals surface area contributed by atoms with Gasteiger partial charge in [0, 0.05) is 5.54 Å². The number of hydrogen-bond acceptors (Lipinski definition) is 3. The molecule has 64 valence electrons. The molecule has 3 heteroatoms. The van der Waals surface area contributed by atoms with Crippen LogP contribution in [0.2, 0.25) is 0 Å². The Kier molecular flexibility index (Phi) is 1.71. The van der Waals surface area contributed by atoms with Crippen LogP contribution in [-0.2, 0) is 9.53 Å². The fraction of sp³-hybridized carbons (Fsp3) is 0.875. The van der Waals surface area contributed by atoms with Crippen LogP contribution in [0.1, 0.15) is 26.7 Å². The van der Waals surface area contributed by atoms with Crippen LogP contribution < -0.4 is 5.73 Å². The Balaban J connectivity index is 2.73. The minimum Gasteiger partial charge on any atom is -0.469 e. The van der Waals surface area contributed by atoms with Gasteiger partial charge in [-0.25, -0.2) is 0 Å². The first kappa shape index (κ1) is 8.53. The number of rotatable bonds is 2. The van der Waals surface area contributed by atoms with E-state index < -0.39 is 5.41 Å². The van der Waals surface area contributed by atoms with Gasteiger partial charge in [-0.2, -0.15) is 0 Å². The van der Waals surface area contributed by atoms with E-state index in [-0.39, 0.29) is 11.5 Å². The zero-order valence-electron chi connectivity index (χ0n) is 7.31. The molecular formula is C8H15NO2. The Bertz CT molecular complexity index is 183. The second kappa shape index (κ2) is 2.21. The highest BCUT2D eigenvalue weighted by Crippen LogP contribution is 2.48. The van der Waals surface area contributed by atoms with Crippen molar-refractivity contribution in [3.05, 3.63) is 0 Å². The maximum absolute atomic E-state index is 11.2. The summed E-state index contributed by atoms with van der Waals surface area (Å²) in [5.74, 6) is -0.211. The van der Waals surface area contributed by atoms with Gasteiger partial charge in [0.2, 0.25) is 0 Å². The quantitative estimate of drug-likeness (QED) is 0.599. The molecule has 1 aliphatic rings. The van der Waals surface area contributed by atoms with Gasteiger partial charge in [-0.05, 0) is 26.7 Å². The molecule has 1 saturated carbocycles. The lowest BCUT2D eigenvalue weighted by Gasteiger charge is -2.28. The van der Waals surface area contributed by atoms with Gasteiger partial charge in [0.15, 0.2) is 0 Å². The molecular weight excluding hydrogens is 142 g/mol. The normalized spacial score (nSPS) is 21.1. The van der Waals surface area contributed by atoms with Gasteiger partial charge in [-0.15, -0.1) is 0 Å². The van der Waals surface area contributed by atoms with E-state index in [0.717, 1.165) is 12.8 Å². The summed E-state index contributed by atoms with van der Waals surface area (Å²) in [7, 11) is 1.40. The smallest absolute Gasteiger partial charge is 0.313 e. The molecule has 0 bridgehead atoms. The fourth-order valence-corrected chi connectivity index (χ4v) is 1.22. The SMILES string of the molecule is COC(=O)C(C)(C)C1(N)CC1. The maximum atomic E-state index is 11.2. The Morgan fingerprint density at radius 3 is 2.27 bits per heavy atom. The van der Waals surface area contributed by atoms with Crippen molar-refractivity contribution in [2.24, 2.45) is 11.1 Å². The van der Waals surface area contributed by atoms with Crippen LogP contribution in [0.4, 0.5) is 0 Å². The molecule has 0 aromatic rings.